The van der Waals surface area contributed by atoms with Crippen LogP contribution in [0, 0.1) is 23.7 Å². The number of fused-ring (bicyclic) bond motifs is 3. The Bertz CT molecular complexity index is 775. The maximum absolute atomic E-state index is 11.5. The van der Waals surface area contributed by atoms with Crippen LogP contribution in [0.1, 0.15) is 36.7 Å². The molecule has 2 fully saturated rings. The molecule has 1 aromatic heterocycles. The molecule has 2 aromatic rings. The van der Waals surface area contributed by atoms with Crippen molar-refractivity contribution in [1.29, 1.82) is 0 Å². The molecular formula is C19H22O5. The largest absolute Gasteiger partial charge is 0.497 e. The maximum atomic E-state index is 11.5. The second-order valence-electron chi connectivity index (χ2n) is 7.09. The third-order valence-corrected chi connectivity index (χ3v) is 6.00. The lowest BCUT2D eigenvalue weighted by atomic mass is 9.81. The lowest BCUT2D eigenvalue weighted by molar-refractivity contribution is 0.0654. The molecule has 0 amide bonds. The number of benzene rings is 1. The molecule has 5 nitrogen and oxygen atoms in total. The Labute approximate surface area is 140 Å². The Kier molecular flexibility index (Phi) is 3.66. The van der Waals surface area contributed by atoms with Crippen molar-refractivity contribution in [1.82, 2.24) is 0 Å². The van der Waals surface area contributed by atoms with Crippen LogP contribution in [-0.2, 0) is 0 Å². The quantitative estimate of drug-likeness (QED) is 0.890. The average Bonchev–Trinajstić information content (AvgIpc) is 3.25. The second-order valence-corrected chi connectivity index (χ2v) is 7.09. The zero-order valence-corrected chi connectivity index (χ0v) is 14.0. The van der Waals surface area contributed by atoms with Gasteiger partial charge in [0.05, 0.1) is 19.1 Å². The minimum absolute atomic E-state index is 0.130. The van der Waals surface area contributed by atoms with Crippen molar-refractivity contribution in [2.75, 3.05) is 13.7 Å². The number of furan rings is 1. The van der Waals surface area contributed by atoms with Gasteiger partial charge in [-0.1, -0.05) is 6.92 Å². The van der Waals surface area contributed by atoms with Gasteiger partial charge in [-0.2, -0.15) is 0 Å². The van der Waals surface area contributed by atoms with E-state index in [1.165, 1.54) is 19.3 Å². The molecule has 0 spiro atoms. The average molecular weight is 330 g/mol. The number of ether oxygens (including phenoxy) is 2. The van der Waals surface area contributed by atoms with Crippen molar-refractivity contribution in [2.45, 2.75) is 26.2 Å². The van der Waals surface area contributed by atoms with Crippen molar-refractivity contribution >= 4 is 16.9 Å². The predicted octanol–water partition coefficient (Wildman–Crippen LogP) is 4.20. The zero-order chi connectivity index (χ0) is 16.8. The summed E-state index contributed by atoms with van der Waals surface area (Å²) in [6.07, 6.45) is 3.89. The summed E-state index contributed by atoms with van der Waals surface area (Å²) in [7, 11) is 1.58. The zero-order valence-electron chi connectivity index (χ0n) is 14.0. The minimum atomic E-state index is -1.11. The van der Waals surface area contributed by atoms with Gasteiger partial charge in [0.25, 0.3) is 5.76 Å². The van der Waals surface area contributed by atoms with E-state index in [2.05, 4.69) is 6.92 Å². The number of hydrogen-bond donors (Lipinski definition) is 1. The van der Waals surface area contributed by atoms with Gasteiger partial charge in [0.15, 0.2) is 5.75 Å². The van der Waals surface area contributed by atoms with Crippen LogP contribution in [0.4, 0.5) is 0 Å². The van der Waals surface area contributed by atoms with Gasteiger partial charge in [0, 0.05) is 0 Å². The Hall–Kier alpha value is -2.17. The fraction of sp³-hybridized carbons (Fsp3) is 0.526. The van der Waals surface area contributed by atoms with E-state index in [0.717, 1.165) is 5.92 Å². The fourth-order valence-corrected chi connectivity index (χ4v) is 4.63. The van der Waals surface area contributed by atoms with Gasteiger partial charge in [0.2, 0.25) is 0 Å². The lowest BCUT2D eigenvalue weighted by Crippen LogP contribution is -2.26. The molecule has 2 aliphatic carbocycles. The normalized spacial score (nSPS) is 28.4. The van der Waals surface area contributed by atoms with Crippen molar-refractivity contribution in [3.8, 4) is 11.5 Å². The predicted molar refractivity (Wildman–Crippen MR) is 88.7 cm³/mol. The van der Waals surface area contributed by atoms with Gasteiger partial charge < -0.3 is 19.0 Å². The molecule has 2 saturated carbocycles. The van der Waals surface area contributed by atoms with E-state index < -0.39 is 5.97 Å². The maximum Gasteiger partial charge on any atom is 0.375 e. The van der Waals surface area contributed by atoms with Crippen molar-refractivity contribution in [3.05, 3.63) is 24.0 Å². The van der Waals surface area contributed by atoms with Crippen LogP contribution in [-0.4, -0.2) is 24.8 Å². The van der Waals surface area contributed by atoms with E-state index in [9.17, 15) is 9.90 Å². The number of carboxylic acids is 1. The number of aromatic carboxylic acids is 1. The molecule has 2 aliphatic rings. The van der Waals surface area contributed by atoms with E-state index in [4.69, 9.17) is 13.9 Å². The van der Waals surface area contributed by atoms with Gasteiger partial charge in [-0.15, -0.1) is 0 Å². The molecule has 128 valence electrons. The Balaban J connectivity index is 1.64. The van der Waals surface area contributed by atoms with E-state index in [-0.39, 0.29) is 5.76 Å². The smallest absolute Gasteiger partial charge is 0.375 e. The second kappa shape index (κ2) is 5.72. The molecular weight excluding hydrogens is 308 g/mol. The highest BCUT2D eigenvalue weighted by atomic mass is 16.5. The first-order valence-corrected chi connectivity index (χ1v) is 8.55. The van der Waals surface area contributed by atoms with Crippen LogP contribution in [0.25, 0.3) is 11.0 Å². The molecule has 1 heterocycles. The molecule has 0 saturated heterocycles. The van der Waals surface area contributed by atoms with Crippen molar-refractivity contribution < 1.29 is 23.8 Å². The van der Waals surface area contributed by atoms with E-state index in [0.29, 0.717) is 46.8 Å². The minimum Gasteiger partial charge on any atom is -0.497 e. The monoisotopic (exact) mass is 330 g/mol. The SMILES string of the molecule is COc1ccc2oc(C(=O)O)c(OCC3C4CCC(C4)C3C)c2c1. The molecule has 0 radical (unpaired) electrons. The lowest BCUT2D eigenvalue weighted by Gasteiger charge is -2.28. The Morgan fingerprint density at radius 1 is 1.33 bits per heavy atom. The van der Waals surface area contributed by atoms with Gasteiger partial charge in [-0.3, -0.25) is 0 Å². The summed E-state index contributed by atoms with van der Waals surface area (Å²) in [5, 5.41) is 10.1. The van der Waals surface area contributed by atoms with Crippen molar-refractivity contribution in [2.24, 2.45) is 23.7 Å². The highest BCUT2D eigenvalue weighted by molar-refractivity contribution is 5.98. The van der Waals surface area contributed by atoms with Crippen LogP contribution < -0.4 is 9.47 Å². The molecule has 4 atom stereocenters. The number of methoxy groups -OCH3 is 1. The first-order valence-electron chi connectivity index (χ1n) is 8.55. The van der Waals surface area contributed by atoms with E-state index in [1.54, 1.807) is 25.3 Å². The summed E-state index contributed by atoms with van der Waals surface area (Å²) in [4.78, 5) is 11.5. The number of rotatable bonds is 5. The van der Waals surface area contributed by atoms with Crippen LogP contribution in [0.2, 0.25) is 0 Å². The Morgan fingerprint density at radius 2 is 2.12 bits per heavy atom. The van der Waals surface area contributed by atoms with Crippen LogP contribution in [0.3, 0.4) is 0 Å². The molecule has 5 heteroatoms. The molecule has 2 bridgehead atoms. The molecule has 4 rings (SSSR count). The third-order valence-electron chi connectivity index (χ3n) is 6.00. The highest BCUT2D eigenvalue weighted by Gasteiger charge is 2.45. The number of hydrogen-bond acceptors (Lipinski definition) is 4. The summed E-state index contributed by atoms with van der Waals surface area (Å²) in [6.45, 7) is 2.85. The first-order chi connectivity index (χ1) is 11.6. The van der Waals surface area contributed by atoms with Crippen LogP contribution >= 0.6 is 0 Å². The highest BCUT2D eigenvalue weighted by Crippen LogP contribution is 2.52. The summed E-state index contributed by atoms with van der Waals surface area (Å²) in [5.74, 6) is 2.40. The standard InChI is InChI=1S/C19H22O5/c1-10-11-3-4-12(7-11)15(10)9-23-17-14-8-13(22-2)5-6-16(14)24-18(17)19(20)21/h5-6,8,10-12,15H,3-4,7,9H2,1-2H3,(H,20,21). The summed E-state index contributed by atoms with van der Waals surface area (Å²) >= 11 is 0. The summed E-state index contributed by atoms with van der Waals surface area (Å²) < 4.78 is 16.7. The molecule has 24 heavy (non-hydrogen) atoms. The fourth-order valence-electron chi connectivity index (χ4n) is 4.63. The van der Waals surface area contributed by atoms with Gasteiger partial charge >= 0.3 is 5.97 Å². The Morgan fingerprint density at radius 3 is 2.79 bits per heavy atom. The van der Waals surface area contributed by atoms with Gasteiger partial charge in [-0.25, -0.2) is 4.79 Å². The van der Waals surface area contributed by atoms with Gasteiger partial charge in [-0.05, 0) is 61.1 Å². The summed E-state index contributed by atoms with van der Waals surface area (Å²) in [5.41, 5.74) is 0.504. The number of carbonyl (C=O) groups is 1. The molecule has 0 aliphatic heterocycles. The number of carboxylic acid groups (broad SMARTS) is 1. The molecule has 1 aromatic carbocycles. The van der Waals surface area contributed by atoms with E-state index >= 15 is 0 Å². The molecule has 4 unspecified atom stereocenters. The van der Waals surface area contributed by atoms with E-state index in [1.807, 2.05) is 0 Å². The molecule has 1 N–H and O–H groups in total. The van der Waals surface area contributed by atoms with Gasteiger partial charge in [0.1, 0.15) is 11.3 Å². The van der Waals surface area contributed by atoms with Crippen molar-refractivity contribution in [3.63, 3.8) is 0 Å². The first kappa shape index (κ1) is 15.4. The summed E-state index contributed by atoms with van der Waals surface area (Å²) in [6, 6.07) is 5.23. The van der Waals surface area contributed by atoms with Crippen LogP contribution in [0.15, 0.2) is 22.6 Å². The topological polar surface area (TPSA) is 68.9 Å². The third kappa shape index (κ3) is 2.34. The van der Waals surface area contributed by atoms with Crippen LogP contribution in [0.5, 0.6) is 11.5 Å².